The van der Waals surface area contributed by atoms with E-state index in [2.05, 4.69) is 10.2 Å². The van der Waals surface area contributed by atoms with E-state index in [-0.39, 0.29) is 26.9 Å². The maximum atomic E-state index is 13.2. The molecule has 0 spiro atoms. The van der Waals surface area contributed by atoms with Gasteiger partial charge in [-0.25, -0.2) is 45.3 Å². The number of hydrogen-bond donors (Lipinski definition) is 2. The number of primary sulfonamides is 2. The summed E-state index contributed by atoms with van der Waals surface area (Å²) in [6.07, 6.45) is -7.52. The molecule has 0 saturated heterocycles. The van der Waals surface area contributed by atoms with Crippen LogP contribution >= 0.6 is 11.6 Å². The number of ether oxygens (including phenoxy) is 1. The van der Waals surface area contributed by atoms with Crippen LogP contribution in [0.3, 0.4) is 0 Å². The molecule has 0 unspecified atom stereocenters. The third-order valence-electron chi connectivity index (χ3n) is 7.28. The third kappa shape index (κ3) is 8.48. The molecule has 4 aromatic carbocycles. The van der Waals surface area contributed by atoms with Crippen molar-refractivity contribution in [1.29, 1.82) is 0 Å². The molecule has 2 aromatic heterocycles. The third-order valence-corrected chi connectivity index (χ3v) is 9.45. The van der Waals surface area contributed by atoms with Gasteiger partial charge in [0.25, 0.3) is 6.43 Å². The molecule has 0 saturated carbocycles. The lowest BCUT2D eigenvalue weighted by Crippen LogP contribution is -2.16. The van der Waals surface area contributed by atoms with E-state index in [1.54, 1.807) is 54.6 Å². The Morgan fingerprint density at radius 2 is 1.13 bits per heavy atom. The van der Waals surface area contributed by atoms with Gasteiger partial charge in [-0.05, 0) is 72.8 Å². The maximum Gasteiger partial charge on any atom is 0.435 e. The van der Waals surface area contributed by atoms with Crippen LogP contribution in [-0.2, 0) is 26.2 Å². The predicted molar refractivity (Wildman–Crippen MR) is 182 cm³/mol. The van der Waals surface area contributed by atoms with Crippen molar-refractivity contribution < 1.29 is 43.5 Å². The molecule has 0 atom stereocenters. The van der Waals surface area contributed by atoms with Gasteiger partial charge in [0.15, 0.2) is 5.69 Å². The highest BCUT2D eigenvalue weighted by molar-refractivity contribution is 7.89. The highest BCUT2D eigenvalue weighted by Gasteiger charge is 2.36. The Labute approximate surface area is 298 Å². The molecular formula is C33H26ClF5N6O5S2. The van der Waals surface area contributed by atoms with Gasteiger partial charge >= 0.3 is 6.18 Å². The van der Waals surface area contributed by atoms with Gasteiger partial charge in [-0.2, -0.15) is 23.4 Å². The summed E-state index contributed by atoms with van der Waals surface area (Å²) < 4.78 is 120. The van der Waals surface area contributed by atoms with Gasteiger partial charge < -0.3 is 4.74 Å². The lowest BCUT2D eigenvalue weighted by molar-refractivity contribution is -0.141. The fraction of sp³-hybridized carbons (Fsp3) is 0.0909. The number of methoxy groups -OCH3 is 1. The van der Waals surface area contributed by atoms with Crippen LogP contribution in [0.15, 0.2) is 119 Å². The molecule has 272 valence electrons. The second-order valence-electron chi connectivity index (χ2n) is 10.8. The van der Waals surface area contributed by atoms with Crippen LogP contribution in [0.2, 0.25) is 5.02 Å². The first-order chi connectivity index (χ1) is 24.4. The number of rotatable bonds is 8. The Morgan fingerprint density at radius 3 is 1.58 bits per heavy atom. The van der Waals surface area contributed by atoms with Crippen LogP contribution in [0.5, 0.6) is 5.75 Å². The smallest absolute Gasteiger partial charge is 0.435 e. The number of sulfonamides is 2. The van der Waals surface area contributed by atoms with E-state index in [0.29, 0.717) is 27.6 Å². The summed E-state index contributed by atoms with van der Waals surface area (Å²) in [4.78, 5) is -0.550. The van der Waals surface area contributed by atoms with Crippen LogP contribution in [-0.4, -0.2) is 43.5 Å². The normalized spacial score (nSPS) is 12.0. The first kappa shape index (κ1) is 38.1. The van der Waals surface area contributed by atoms with Crippen LogP contribution in [0.25, 0.3) is 33.9 Å². The molecule has 6 aromatic rings. The van der Waals surface area contributed by atoms with Crippen LogP contribution in [0, 0.1) is 0 Å². The van der Waals surface area contributed by atoms with Gasteiger partial charge in [0.2, 0.25) is 20.0 Å². The van der Waals surface area contributed by atoms with Crippen molar-refractivity contribution in [3.63, 3.8) is 0 Å². The number of benzene rings is 4. The van der Waals surface area contributed by atoms with Crippen molar-refractivity contribution in [1.82, 2.24) is 19.6 Å². The topological polar surface area (TPSA) is 165 Å². The predicted octanol–water partition coefficient (Wildman–Crippen LogP) is 6.99. The molecule has 0 bridgehead atoms. The fourth-order valence-electron chi connectivity index (χ4n) is 4.93. The van der Waals surface area contributed by atoms with Crippen LogP contribution < -0.4 is 15.0 Å². The molecule has 11 nitrogen and oxygen atoms in total. The summed E-state index contributed by atoms with van der Waals surface area (Å²) in [6, 6.07) is 26.0. The van der Waals surface area contributed by atoms with Crippen LogP contribution in [0.4, 0.5) is 22.0 Å². The molecule has 0 amide bonds. The summed E-state index contributed by atoms with van der Waals surface area (Å²) in [5.74, 6) is 0.519. The molecule has 0 aliphatic rings. The number of aromatic nitrogens is 4. The minimum atomic E-state index is -4.71. The van der Waals surface area contributed by atoms with Gasteiger partial charge in [0.05, 0.1) is 29.9 Å². The number of hydrogen-bond acceptors (Lipinski definition) is 7. The second kappa shape index (κ2) is 14.8. The van der Waals surface area contributed by atoms with Gasteiger partial charge in [0.1, 0.15) is 21.2 Å². The van der Waals surface area contributed by atoms with Crippen LogP contribution in [0.1, 0.15) is 17.8 Å². The zero-order chi connectivity index (χ0) is 38.0. The molecule has 0 aliphatic carbocycles. The minimum absolute atomic E-state index is 0.0566. The molecule has 0 fully saturated rings. The van der Waals surface area contributed by atoms with E-state index < -0.39 is 44.0 Å². The average Bonchev–Trinajstić information content (AvgIpc) is 3.75. The molecular weight excluding hydrogens is 755 g/mol. The number of nitrogens with zero attached hydrogens (tertiary/aromatic N) is 4. The summed E-state index contributed by atoms with van der Waals surface area (Å²) in [5.41, 5.74) is -0.338. The second-order valence-corrected chi connectivity index (χ2v) is 14.2. The highest BCUT2D eigenvalue weighted by Crippen LogP contribution is 2.35. The Hall–Kier alpha value is -5.14. The zero-order valence-electron chi connectivity index (χ0n) is 26.5. The molecule has 2 heterocycles. The lowest BCUT2D eigenvalue weighted by atomic mass is 10.1. The molecule has 0 aliphatic heterocycles. The fourth-order valence-corrected chi connectivity index (χ4v) is 6.49. The SMILES string of the molecule is COc1ccc(-c2cc(C(F)(F)F)nn2-c2ccccc2S(N)(=O)=O)cc1.NS(=O)(=O)c1ccccc1-n1nc(C(F)F)cc1-c1ccc(Cl)cc1. The van der Waals surface area contributed by atoms with Gasteiger partial charge in [-0.3, -0.25) is 0 Å². The quantitative estimate of drug-likeness (QED) is 0.157. The standard InChI is InChI=1S/C17H14F3N3O3S.C16H12ClF2N3O2S/c1-26-12-8-6-11(7-9-12)14-10-16(17(18,19)20)22-23(14)13-4-2-3-5-15(13)27(21,24)25;17-11-7-5-10(6-8-11)14-9-12(16(18)19)21-22(14)13-3-1-2-4-15(13)25(20,23)24/h2-10H,1H3,(H2,21,24,25);1-9,16H,(H2,20,23,24). The molecule has 6 rings (SSSR count). The number of para-hydroxylation sites is 2. The Morgan fingerprint density at radius 1 is 0.692 bits per heavy atom. The lowest BCUT2D eigenvalue weighted by Gasteiger charge is -2.11. The molecule has 52 heavy (non-hydrogen) atoms. The van der Waals surface area contributed by atoms with E-state index in [9.17, 15) is 38.8 Å². The Kier molecular flexibility index (Phi) is 10.9. The summed E-state index contributed by atoms with van der Waals surface area (Å²) in [6.45, 7) is 0. The zero-order valence-corrected chi connectivity index (χ0v) is 28.9. The minimum Gasteiger partial charge on any atom is -0.497 e. The number of nitrogens with two attached hydrogens (primary N) is 2. The van der Waals surface area contributed by atoms with E-state index in [1.807, 2.05) is 0 Å². The Bertz CT molecular complexity index is 2440. The highest BCUT2D eigenvalue weighted by atomic mass is 35.5. The van der Waals surface area contributed by atoms with E-state index in [1.165, 1.54) is 55.6 Å². The summed E-state index contributed by atoms with van der Waals surface area (Å²) >= 11 is 5.86. The van der Waals surface area contributed by atoms with E-state index in [4.69, 9.17) is 26.6 Å². The summed E-state index contributed by atoms with van der Waals surface area (Å²) in [7, 11) is -6.79. The largest absolute Gasteiger partial charge is 0.497 e. The van der Waals surface area contributed by atoms with Crippen molar-refractivity contribution in [3.05, 3.63) is 126 Å². The first-order valence-corrected chi connectivity index (χ1v) is 18.1. The first-order valence-electron chi connectivity index (χ1n) is 14.6. The van der Waals surface area contributed by atoms with Crippen molar-refractivity contribution in [2.75, 3.05) is 7.11 Å². The van der Waals surface area contributed by atoms with Crippen molar-refractivity contribution >= 4 is 31.6 Å². The molecule has 19 heteroatoms. The van der Waals surface area contributed by atoms with Crippen molar-refractivity contribution in [2.24, 2.45) is 10.3 Å². The molecule has 4 N–H and O–H groups in total. The van der Waals surface area contributed by atoms with E-state index in [0.717, 1.165) is 15.4 Å². The van der Waals surface area contributed by atoms with Gasteiger partial charge in [0, 0.05) is 16.1 Å². The maximum absolute atomic E-state index is 13.2. The van der Waals surface area contributed by atoms with Gasteiger partial charge in [-0.15, -0.1) is 0 Å². The van der Waals surface area contributed by atoms with Gasteiger partial charge in [-0.1, -0.05) is 48.0 Å². The number of alkyl halides is 5. The Balaban J connectivity index is 0.000000202. The molecule has 0 radical (unpaired) electrons. The monoisotopic (exact) mass is 780 g/mol. The average molecular weight is 781 g/mol. The van der Waals surface area contributed by atoms with Crippen molar-refractivity contribution in [3.8, 4) is 39.6 Å². The summed E-state index contributed by atoms with van der Waals surface area (Å²) in [5, 5.41) is 18.4. The number of halogens is 6. The van der Waals surface area contributed by atoms with E-state index >= 15 is 0 Å². The van der Waals surface area contributed by atoms with Crippen molar-refractivity contribution in [2.45, 2.75) is 22.4 Å².